The Morgan fingerprint density at radius 3 is 2.24 bits per heavy atom. The van der Waals surface area contributed by atoms with Gasteiger partial charge in [0.05, 0.1) is 0 Å². The van der Waals surface area contributed by atoms with E-state index in [1.807, 2.05) is 36.4 Å². The van der Waals surface area contributed by atoms with Gasteiger partial charge in [0.15, 0.2) is 0 Å². The van der Waals surface area contributed by atoms with Gasteiger partial charge in [0, 0.05) is 12.5 Å². The number of fused-ring (bicyclic) bond motifs is 3. The third-order valence-electron chi connectivity index (χ3n) is 6.15. The molecule has 1 unspecified atom stereocenters. The number of rotatable bonds is 10. The molecule has 2 aromatic rings. The van der Waals surface area contributed by atoms with Crippen LogP contribution in [-0.2, 0) is 14.3 Å². The fourth-order valence-corrected chi connectivity index (χ4v) is 4.40. The largest absolute Gasteiger partial charge is 0.480 e. The van der Waals surface area contributed by atoms with Crippen LogP contribution in [-0.4, -0.2) is 53.7 Å². The Balaban J connectivity index is 1.42. The van der Waals surface area contributed by atoms with Crippen LogP contribution in [0.25, 0.3) is 11.1 Å². The summed E-state index contributed by atoms with van der Waals surface area (Å²) >= 11 is 0. The van der Waals surface area contributed by atoms with Crippen molar-refractivity contribution in [3.63, 3.8) is 0 Å². The monoisotopic (exact) mass is 448 g/mol. The quantitative estimate of drug-likeness (QED) is 0.539. The van der Waals surface area contributed by atoms with Gasteiger partial charge in [-0.3, -0.25) is 9.59 Å². The van der Waals surface area contributed by atoms with Crippen LogP contribution in [0.3, 0.4) is 0 Å². The minimum absolute atomic E-state index is 0.0879. The highest BCUT2D eigenvalue weighted by atomic mass is 16.5. The van der Waals surface area contributed by atoms with Crippen LogP contribution in [0, 0.1) is 5.92 Å². The van der Waals surface area contributed by atoms with E-state index in [4.69, 9.17) is 4.74 Å². The Kier molecular flexibility index (Phi) is 6.77. The van der Waals surface area contributed by atoms with Gasteiger partial charge in [0.25, 0.3) is 0 Å². The second-order valence-electron chi connectivity index (χ2n) is 8.60. The Morgan fingerprint density at radius 2 is 1.70 bits per heavy atom. The van der Waals surface area contributed by atoms with Gasteiger partial charge < -0.3 is 20.1 Å². The van der Waals surface area contributed by atoms with Gasteiger partial charge in [-0.05, 0) is 47.4 Å². The first-order valence-corrected chi connectivity index (χ1v) is 11.2. The molecule has 0 spiro atoms. The number of amides is 2. The molecule has 4 rings (SSSR count). The van der Waals surface area contributed by atoms with Crippen molar-refractivity contribution in [2.75, 3.05) is 19.7 Å². The maximum Gasteiger partial charge on any atom is 0.407 e. The second-order valence-corrected chi connectivity index (χ2v) is 8.60. The highest BCUT2D eigenvalue weighted by Gasteiger charge is 2.33. The van der Waals surface area contributed by atoms with E-state index in [0.29, 0.717) is 12.5 Å². The zero-order chi connectivity index (χ0) is 23.4. The first-order valence-electron chi connectivity index (χ1n) is 11.2. The van der Waals surface area contributed by atoms with Gasteiger partial charge in [-0.2, -0.15) is 0 Å². The number of carboxylic acids is 1. The number of carboxylic acid groups (broad SMARTS) is 1. The number of benzene rings is 2. The number of nitrogens with zero attached hydrogens (tertiary/aromatic N) is 1. The predicted molar refractivity (Wildman–Crippen MR) is 124 cm³/mol. The second kappa shape index (κ2) is 9.90. The number of aliphatic carboxylic acids is 1. The smallest absolute Gasteiger partial charge is 0.407 e. The third kappa shape index (κ3) is 5.25. The molecule has 0 aliphatic heterocycles. The topological polar surface area (TPSA) is 95.9 Å². The lowest BCUT2D eigenvalue weighted by Crippen LogP contribution is -2.50. The molecular formula is C26H28N2O5. The van der Waals surface area contributed by atoms with E-state index < -0.39 is 30.6 Å². The van der Waals surface area contributed by atoms with Crippen LogP contribution in [0.4, 0.5) is 4.79 Å². The molecule has 2 aliphatic rings. The summed E-state index contributed by atoms with van der Waals surface area (Å²) in [4.78, 5) is 38.2. The molecule has 0 heterocycles. The van der Waals surface area contributed by atoms with Crippen LogP contribution < -0.4 is 5.32 Å². The first kappa shape index (κ1) is 22.6. The van der Waals surface area contributed by atoms with E-state index in [9.17, 15) is 19.5 Å². The maximum atomic E-state index is 13.0. The molecule has 0 bridgehead atoms. The number of ether oxygens (including phenoxy) is 1. The van der Waals surface area contributed by atoms with E-state index >= 15 is 0 Å². The van der Waals surface area contributed by atoms with Crippen molar-refractivity contribution in [1.82, 2.24) is 10.2 Å². The predicted octanol–water partition coefficient (Wildman–Crippen LogP) is 3.79. The zero-order valence-electron chi connectivity index (χ0n) is 18.4. The van der Waals surface area contributed by atoms with Crippen molar-refractivity contribution >= 4 is 18.0 Å². The zero-order valence-corrected chi connectivity index (χ0v) is 18.4. The molecule has 1 fully saturated rings. The number of carbonyl (C=O) groups excluding carboxylic acids is 2. The third-order valence-corrected chi connectivity index (χ3v) is 6.15. The molecule has 0 aromatic heterocycles. The van der Waals surface area contributed by atoms with Gasteiger partial charge in [-0.15, -0.1) is 6.58 Å². The summed E-state index contributed by atoms with van der Waals surface area (Å²) in [5.74, 6) is -1.28. The summed E-state index contributed by atoms with van der Waals surface area (Å²) in [5.41, 5.74) is 4.46. The number of hydrogen-bond acceptors (Lipinski definition) is 4. The van der Waals surface area contributed by atoms with Crippen LogP contribution >= 0.6 is 0 Å². The minimum atomic E-state index is -1.08. The molecule has 1 saturated carbocycles. The molecule has 172 valence electrons. The number of hydrogen-bond donors (Lipinski definition) is 2. The van der Waals surface area contributed by atoms with E-state index in [-0.39, 0.29) is 18.9 Å². The Bertz CT molecular complexity index is 1020. The van der Waals surface area contributed by atoms with E-state index in [2.05, 4.69) is 24.0 Å². The minimum Gasteiger partial charge on any atom is -0.480 e. The summed E-state index contributed by atoms with van der Waals surface area (Å²) in [5, 5.41) is 11.8. The number of alkyl carbamates (subject to hydrolysis) is 1. The van der Waals surface area contributed by atoms with Gasteiger partial charge in [-0.1, -0.05) is 54.6 Å². The molecule has 2 amide bonds. The molecule has 0 radical (unpaired) electrons. The fraction of sp³-hybridized carbons (Fsp3) is 0.346. The summed E-state index contributed by atoms with van der Waals surface area (Å²) in [6, 6.07) is 15.2. The number of nitrogens with one attached hydrogen (secondary N) is 1. The first-order chi connectivity index (χ1) is 16.0. The molecule has 1 atom stereocenters. The summed E-state index contributed by atoms with van der Waals surface area (Å²) in [6.45, 7) is 3.78. The van der Waals surface area contributed by atoms with Gasteiger partial charge in [0.1, 0.15) is 19.2 Å². The maximum absolute atomic E-state index is 13.0. The van der Waals surface area contributed by atoms with Crippen LogP contribution in [0.5, 0.6) is 0 Å². The molecule has 2 aliphatic carbocycles. The van der Waals surface area contributed by atoms with E-state index in [1.165, 1.54) is 11.0 Å². The van der Waals surface area contributed by atoms with Crippen molar-refractivity contribution in [3.8, 4) is 11.1 Å². The lowest BCUT2D eigenvalue weighted by atomic mass is 9.98. The van der Waals surface area contributed by atoms with Crippen LogP contribution in [0.1, 0.15) is 36.3 Å². The van der Waals surface area contributed by atoms with E-state index in [0.717, 1.165) is 35.1 Å². The van der Waals surface area contributed by atoms with Gasteiger partial charge in [0.2, 0.25) is 5.91 Å². The highest BCUT2D eigenvalue weighted by molar-refractivity contribution is 5.88. The lowest BCUT2D eigenvalue weighted by molar-refractivity contribution is -0.145. The normalized spacial score (nSPS) is 15.2. The lowest BCUT2D eigenvalue weighted by Gasteiger charge is -2.26. The van der Waals surface area contributed by atoms with Crippen molar-refractivity contribution < 1.29 is 24.2 Å². The SMILES string of the molecule is C=CCC(NC(=O)OCC1c2ccccc2-c2ccccc21)C(=O)N(CC(=O)O)CC1CC1. The van der Waals surface area contributed by atoms with Crippen molar-refractivity contribution in [2.45, 2.75) is 31.2 Å². The molecular weight excluding hydrogens is 420 g/mol. The van der Waals surface area contributed by atoms with Crippen molar-refractivity contribution in [1.29, 1.82) is 0 Å². The summed E-state index contributed by atoms with van der Waals surface area (Å²) in [7, 11) is 0. The van der Waals surface area contributed by atoms with Crippen LogP contribution in [0.15, 0.2) is 61.2 Å². The average molecular weight is 449 g/mol. The molecule has 33 heavy (non-hydrogen) atoms. The fourth-order valence-electron chi connectivity index (χ4n) is 4.40. The van der Waals surface area contributed by atoms with Gasteiger partial charge >= 0.3 is 12.1 Å². The van der Waals surface area contributed by atoms with Crippen LogP contribution in [0.2, 0.25) is 0 Å². The summed E-state index contributed by atoms with van der Waals surface area (Å²) in [6.07, 6.45) is 2.97. The number of carbonyl (C=O) groups is 3. The summed E-state index contributed by atoms with van der Waals surface area (Å²) < 4.78 is 5.55. The van der Waals surface area contributed by atoms with E-state index in [1.54, 1.807) is 0 Å². The van der Waals surface area contributed by atoms with Gasteiger partial charge in [-0.25, -0.2) is 4.79 Å². The molecule has 2 aromatic carbocycles. The molecule has 0 saturated heterocycles. The van der Waals surface area contributed by atoms with Crippen molar-refractivity contribution in [2.24, 2.45) is 5.92 Å². The Morgan fingerprint density at radius 1 is 1.09 bits per heavy atom. The Labute approximate surface area is 193 Å². The Hall–Kier alpha value is -3.61. The average Bonchev–Trinajstić information content (AvgIpc) is 3.57. The molecule has 2 N–H and O–H groups in total. The standard InChI is InChI=1S/C26H28N2O5/c1-2-7-23(25(31)28(15-24(29)30)14-17-12-13-17)27-26(32)33-16-22-20-10-5-3-8-18(20)19-9-4-6-11-21(19)22/h2-6,8-11,17,22-23H,1,7,12-16H2,(H,27,32)(H,29,30). The van der Waals surface area contributed by atoms with Crippen molar-refractivity contribution in [3.05, 3.63) is 72.3 Å². The molecule has 7 nitrogen and oxygen atoms in total. The molecule has 7 heteroatoms. The highest BCUT2D eigenvalue weighted by Crippen LogP contribution is 2.44.